The lowest BCUT2D eigenvalue weighted by Gasteiger charge is -2.35. The van der Waals surface area contributed by atoms with E-state index in [0.717, 1.165) is 25.2 Å². The van der Waals surface area contributed by atoms with E-state index < -0.39 is 0 Å². The molecule has 3 N–H and O–H groups in total. The minimum absolute atomic E-state index is 0.0000977. The molecule has 1 heterocycles. The molecule has 0 unspecified atom stereocenters. The molecule has 0 aliphatic carbocycles. The Labute approximate surface area is 135 Å². The number of nitrogen functional groups attached to an aromatic ring is 1. The summed E-state index contributed by atoms with van der Waals surface area (Å²) in [6, 6.07) is 14.5. The number of benzene rings is 2. The van der Waals surface area contributed by atoms with E-state index in [4.69, 9.17) is 5.73 Å². The number of nitrogens with two attached hydrogens (primary N) is 1. The van der Waals surface area contributed by atoms with Gasteiger partial charge in [0.1, 0.15) is 5.75 Å². The number of hydrogen-bond donors (Lipinski definition) is 2. The number of anilines is 1. The van der Waals surface area contributed by atoms with Crippen LogP contribution in [0.2, 0.25) is 0 Å². The van der Waals surface area contributed by atoms with Crippen LogP contribution in [0, 0.1) is 0 Å². The van der Waals surface area contributed by atoms with E-state index in [1.54, 1.807) is 24.3 Å². The van der Waals surface area contributed by atoms with Crippen LogP contribution in [-0.2, 0) is 6.54 Å². The van der Waals surface area contributed by atoms with Crippen molar-refractivity contribution in [3.63, 3.8) is 0 Å². The zero-order valence-electron chi connectivity index (χ0n) is 13.0. The normalized spacial score (nSPS) is 15.6. The van der Waals surface area contributed by atoms with Gasteiger partial charge in [0.15, 0.2) is 0 Å². The van der Waals surface area contributed by atoms with Crippen LogP contribution in [0.25, 0.3) is 0 Å². The number of aromatic hydroxyl groups is 1. The molecule has 0 atom stereocenters. The van der Waals surface area contributed by atoms with E-state index in [1.807, 2.05) is 29.2 Å². The number of para-hydroxylation sites is 1. The fourth-order valence-corrected chi connectivity index (χ4v) is 2.88. The smallest absolute Gasteiger partial charge is 0.256 e. The molecule has 3 rings (SSSR count). The Kier molecular flexibility index (Phi) is 4.48. The van der Waals surface area contributed by atoms with Crippen molar-refractivity contribution in [3.05, 3.63) is 59.7 Å². The van der Waals surface area contributed by atoms with Gasteiger partial charge in [-0.1, -0.05) is 24.3 Å². The van der Waals surface area contributed by atoms with Crippen LogP contribution in [0.1, 0.15) is 15.9 Å². The molecule has 0 bridgehead atoms. The molecule has 1 amide bonds. The second-order valence-electron chi connectivity index (χ2n) is 5.83. The summed E-state index contributed by atoms with van der Waals surface area (Å²) in [6.45, 7) is 3.78. The highest BCUT2D eigenvalue weighted by Gasteiger charge is 2.23. The average molecular weight is 311 g/mol. The Balaban J connectivity index is 1.58. The first-order chi connectivity index (χ1) is 11.1. The monoisotopic (exact) mass is 311 g/mol. The Morgan fingerprint density at radius 2 is 1.78 bits per heavy atom. The number of hydrogen-bond acceptors (Lipinski definition) is 4. The van der Waals surface area contributed by atoms with Crippen molar-refractivity contribution in [3.8, 4) is 5.75 Å². The summed E-state index contributed by atoms with van der Waals surface area (Å²) in [5.74, 6) is 0.288. The number of phenols is 1. The maximum absolute atomic E-state index is 12.5. The third-order valence-electron chi connectivity index (χ3n) is 4.17. The fraction of sp³-hybridized carbons (Fsp3) is 0.278. The van der Waals surface area contributed by atoms with Crippen molar-refractivity contribution in [1.29, 1.82) is 0 Å². The van der Waals surface area contributed by atoms with Crippen molar-refractivity contribution in [2.75, 3.05) is 31.9 Å². The van der Waals surface area contributed by atoms with Gasteiger partial charge in [-0.15, -0.1) is 0 Å². The van der Waals surface area contributed by atoms with Crippen LogP contribution in [0.15, 0.2) is 48.5 Å². The molecule has 0 spiro atoms. The number of carbonyl (C=O) groups is 1. The second kappa shape index (κ2) is 6.71. The predicted octanol–water partition coefficient (Wildman–Crippen LogP) is 1.93. The maximum atomic E-state index is 12.5. The molecular weight excluding hydrogens is 290 g/mol. The summed E-state index contributed by atoms with van der Waals surface area (Å²) in [7, 11) is 0. The van der Waals surface area contributed by atoms with Gasteiger partial charge in [0, 0.05) is 38.4 Å². The van der Waals surface area contributed by atoms with Crippen LogP contribution in [0.3, 0.4) is 0 Å². The molecule has 2 aromatic carbocycles. The molecule has 23 heavy (non-hydrogen) atoms. The summed E-state index contributed by atoms with van der Waals surface area (Å²) in [5.41, 5.74) is 8.08. The molecule has 0 saturated carbocycles. The van der Waals surface area contributed by atoms with E-state index in [-0.39, 0.29) is 11.7 Å². The summed E-state index contributed by atoms with van der Waals surface area (Å²) in [6.07, 6.45) is 0. The summed E-state index contributed by atoms with van der Waals surface area (Å²) >= 11 is 0. The van der Waals surface area contributed by atoms with Gasteiger partial charge in [-0.3, -0.25) is 9.69 Å². The SMILES string of the molecule is Nc1ccccc1C(=O)N1CCN(Cc2cccc(O)c2)CC1. The Morgan fingerprint density at radius 3 is 2.48 bits per heavy atom. The molecule has 2 aromatic rings. The first-order valence-electron chi connectivity index (χ1n) is 7.77. The maximum Gasteiger partial charge on any atom is 0.256 e. The molecule has 1 saturated heterocycles. The van der Waals surface area contributed by atoms with E-state index in [0.29, 0.717) is 24.3 Å². The number of amides is 1. The molecule has 5 heteroatoms. The third kappa shape index (κ3) is 3.63. The number of rotatable bonds is 3. The standard InChI is InChI=1S/C18H21N3O2/c19-17-7-2-1-6-16(17)18(23)21-10-8-20(9-11-21)13-14-4-3-5-15(22)12-14/h1-7,12,22H,8-11,13,19H2. The lowest BCUT2D eigenvalue weighted by Crippen LogP contribution is -2.48. The van der Waals surface area contributed by atoms with Gasteiger partial charge in [0.05, 0.1) is 5.56 Å². The van der Waals surface area contributed by atoms with Gasteiger partial charge in [-0.25, -0.2) is 0 Å². The van der Waals surface area contributed by atoms with Gasteiger partial charge >= 0.3 is 0 Å². The minimum atomic E-state index is 0.0000977. The van der Waals surface area contributed by atoms with Gasteiger partial charge in [-0.2, -0.15) is 0 Å². The largest absolute Gasteiger partial charge is 0.508 e. The average Bonchev–Trinajstić information content (AvgIpc) is 2.55. The quantitative estimate of drug-likeness (QED) is 0.850. The van der Waals surface area contributed by atoms with E-state index in [1.165, 1.54) is 0 Å². The first-order valence-corrected chi connectivity index (χ1v) is 7.77. The highest BCUT2D eigenvalue weighted by molar-refractivity contribution is 5.99. The van der Waals surface area contributed by atoms with Crippen LogP contribution >= 0.6 is 0 Å². The van der Waals surface area contributed by atoms with Crippen LogP contribution in [0.5, 0.6) is 5.75 Å². The number of piperazine rings is 1. The summed E-state index contributed by atoms with van der Waals surface area (Å²) in [5, 5.41) is 9.53. The predicted molar refractivity (Wildman–Crippen MR) is 90.1 cm³/mol. The third-order valence-corrected chi connectivity index (χ3v) is 4.17. The van der Waals surface area contributed by atoms with Crippen molar-refractivity contribution in [2.24, 2.45) is 0 Å². The van der Waals surface area contributed by atoms with Crippen LogP contribution in [0.4, 0.5) is 5.69 Å². The van der Waals surface area contributed by atoms with E-state index in [9.17, 15) is 9.90 Å². The Hall–Kier alpha value is -2.53. The number of phenolic OH excluding ortho intramolecular Hbond substituents is 1. The van der Waals surface area contributed by atoms with Crippen LogP contribution in [-0.4, -0.2) is 47.0 Å². The number of nitrogens with zero attached hydrogens (tertiary/aromatic N) is 2. The van der Waals surface area contributed by atoms with Crippen molar-refractivity contribution in [1.82, 2.24) is 9.80 Å². The van der Waals surface area contributed by atoms with Crippen molar-refractivity contribution in [2.45, 2.75) is 6.54 Å². The van der Waals surface area contributed by atoms with Crippen LogP contribution < -0.4 is 5.73 Å². The fourth-order valence-electron chi connectivity index (χ4n) is 2.88. The topological polar surface area (TPSA) is 69.8 Å². The Bertz CT molecular complexity index is 694. The van der Waals surface area contributed by atoms with E-state index >= 15 is 0 Å². The molecule has 1 fully saturated rings. The second-order valence-corrected chi connectivity index (χ2v) is 5.83. The molecule has 1 aliphatic heterocycles. The van der Waals surface area contributed by atoms with Gasteiger partial charge in [-0.05, 0) is 29.8 Å². The Morgan fingerprint density at radius 1 is 1.04 bits per heavy atom. The lowest BCUT2D eigenvalue weighted by atomic mass is 10.1. The van der Waals surface area contributed by atoms with Crippen molar-refractivity contribution < 1.29 is 9.90 Å². The summed E-state index contributed by atoms with van der Waals surface area (Å²) in [4.78, 5) is 16.7. The van der Waals surface area contributed by atoms with Gasteiger partial charge in [0.25, 0.3) is 5.91 Å². The zero-order chi connectivity index (χ0) is 16.2. The molecular formula is C18H21N3O2. The van der Waals surface area contributed by atoms with Crippen molar-refractivity contribution >= 4 is 11.6 Å². The lowest BCUT2D eigenvalue weighted by molar-refractivity contribution is 0.0629. The highest BCUT2D eigenvalue weighted by Crippen LogP contribution is 2.17. The van der Waals surface area contributed by atoms with E-state index in [2.05, 4.69) is 4.90 Å². The number of carbonyl (C=O) groups excluding carboxylic acids is 1. The first kappa shape index (κ1) is 15.4. The molecule has 5 nitrogen and oxygen atoms in total. The minimum Gasteiger partial charge on any atom is -0.508 e. The molecule has 1 aliphatic rings. The molecule has 0 aromatic heterocycles. The van der Waals surface area contributed by atoms with Gasteiger partial charge < -0.3 is 15.7 Å². The zero-order valence-corrected chi connectivity index (χ0v) is 13.0. The molecule has 0 radical (unpaired) electrons. The highest BCUT2D eigenvalue weighted by atomic mass is 16.3. The van der Waals surface area contributed by atoms with Gasteiger partial charge in [0.2, 0.25) is 0 Å². The summed E-state index contributed by atoms with van der Waals surface area (Å²) < 4.78 is 0. The molecule has 120 valence electrons.